The van der Waals surface area contributed by atoms with Crippen molar-refractivity contribution in [3.05, 3.63) is 60.2 Å². The summed E-state index contributed by atoms with van der Waals surface area (Å²) in [5.41, 5.74) is 2.84. The zero-order valence-electron chi connectivity index (χ0n) is 16.2. The van der Waals surface area contributed by atoms with Crippen LogP contribution in [0.5, 0.6) is 0 Å². The minimum atomic E-state index is -0.0824. The van der Waals surface area contributed by atoms with Gasteiger partial charge in [0.1, 0.15) is 5.78 Å². The predicted octanol–water partition coefficient (Wildman–Crippen LogP) is 3.44. The van der Waals surface area contributed by atoms with Gasteiger partial charge in [0.15, 0.2) is 0 Å². The highest BCUT2D eigenvalue weighted by molar-refractivity contribution is 5.95. The van der Waals surface area contributed by atoms with E-state index in [1.807, 2.05) is 54.6 Å². The summed E-state index contributed by atoms with van der Waals surface area (Å²) >= 11 is 0. The molecule has 1 aliphatic rings. The summed E-state index contributed by atoms with van der Waals surface area (Å²) in [5.74, 6) is -0.0220. The number of nitrogens with zero attached hydrogens (tertiary/aromatic N) is 1. The molecule has 0 aromatic heterocycles. The molecule has 3 rings (SSSR count). The second-order valence-electron chi connectivity index (χ2n) is 7.27. The smallest absolute Gasteiger partial charge is 0.251 e. The minimum Gasteiger partial charge on any atom is -0.349 e. The molecule has 0 saturated carbocycles. The van der Waals surface area contributed by atoms with Crippen molar-refractivity contribution in [2.45, 2.75) is 38.6 Å². The fourth-order valence-electron chi connectivity index (χ4n) is 3.43. The minimum absolute atomic E-state index is 0.0245. The molecule has 0 aliphatic carbocycles. The molecule has 0 radical (unpaired) electrons. The molecular formula is C23H26N2O3. The molecule has 0 spiro atoms. The number of rotatable bonds is 6. The van der Waals surface area contributed by atoms with Crippen LogP contribution in [0.1, 0.15) is 43.0 Å². The molecule has 1 heterocycles. The molecule has 5 nitrogen and oxygen atoms in total. The third kappa shape index (κ3) is 5.28. The van der Waals surface area contributed by atoms with E-state index in [4.69, 9.17) is 0 Å². The monoisotopic (exact) mass is 378 g/mol. The summed E-state index contributed by atoms with van der Waals surface area (Å²) in [7, 11) is 0. The number of nitrogens with one attached hydrogen (secondary N) is 1. The van der Waals surface area contributed by atoms with Gasteiger partial charge in [-0.3, -0.25) is 9.59 Å². The van der Waals surface area contributed by atoms with E-state index in [-0.39, 0.29) is 30.1 Å². The average Bonchev–Trinajstić information content (AvgIpc) is 2.73. The van der Waals surface area contributed by atoms with Crippen molar-refractivity contribution < 1.29 is 14.4 Å². The Labute approximate surface area is 165 Å². The Hall–Kier alpha value is -2.95. The first-order chi connectivity index (χ1) is 13.5. The van der Waals surface area contributed by atoms with Crippen molar-refractivity contribution in [3.8, 4) is 11.1 Å². The summed E-state index contributed by atoms with van der Waals surface area (Å²) < 4.78 is 0. The van der Waals surface area contributed by atoms with Crippen LogP contribution in [0.4, 0.5) is 0 Å². The highest BCUT2D eigenvalue weighted by atomic mass is 16.2. The maximum Gasteiger partial charge on any atom is 0.251 e. The van der Waals surface area contributed by atoms with Gasteiger partial charge in [-0.15, -0.1) is 0 Å². The number of Topliss-reactive ketones (excluding diaryl/α,β-unsaturated/α-hetero) is 1. The molecule has 2 aromatic carbocycles. The van der Waals surface area contributed by atoms with Crippen LogP contribution in [0.25, 0.3) is 11.1 Å². The van der Waals surface area contributed by atoms with Crippen LogP contribution in [-0.2, 0) is 9.59 Å². The molecule has 2 aromatic rings. The standard InChI is InChI=1S/C23H26N2O3/c1-17(26)7-12-22(27)25-15-13-21(14-16-25)24-23(28)20-10-8-19(9-11-20)18-5-3-2-4-6-18/h2-6,8-11,21H,7,12-16H2,1H3,(H,24,28). The van der Waals surface area contributed by atoms with Gasteiger partial charge in [0.05, 0.1) is 0 Å². The molecule has 1 N–H and O–H groups in total. The summed E-state index contributed by atoms with van der Waals surface area (Å²) in [6.07, 6.45) is 2.05. The molecule has 0 unspecified atom stereocenters. The Kier molecular flexibility index (Phi) is 6.58. The largest absolute Gasteiger partial charge is 0.349 e. The van der Waals surface area contributed by atoms with Gasteiger partial charge in [-0.25, -0.2) is 0 Å². The van der Waals surface area contributed by atoms with Gasteiger partial charge in [-0.2, -0.15) is 0 Å². The van der Waals surface area contributed by atoms with E-state index in [9.17, 15) is 14.4 Å². The first kappa shape index (κ1) is 19.8. The number of piperidine rings is 1. The average molecular weight is 378 g/mol. The van der Waals surface area contributed by atoms with E-state index in [0.717, 1.165) is 24.0 Å². The van der Waals surface area contributed by atoms with E-state index in [2.05, 4.69) is 5.32 Å². The Bertz CT molecular complexity index is 823. The van der Waals surface area contributed by atoms with Crippen molar-refractivity contribution in [3.63, 3.8) is 0 Å². The van der Waals surface area contributed by atoms with E-state index in [1.54, 1.807) is 4.90 Å². The number of hydrogen-bond acceptors (Lipinski definition) is 3. The van der Waals surface area contributed by atoms with E-state index in [0.29, 0.717) is 25.1 Å². The highest BCUT2D eigenvalue weighted by Crippen LogP contribution is 2.19. The number of carbonyl (C=O) groups excluding carboxylic acids is 3. The van der Waals surface area contributed by atoms with Gasteiger partial charge >= 0.3 is 0 Å². The number of likely N-dealkylation sites (tertiary alicyclic amines) is 1. The van der Waals surface area contributed by atoms with Gasteiger partial charge in [0.2, 0.25) is 5.91 Å². The summed E-state index contributed by atoms with van der Waals surface area (Å²) in [5, 5.41) is 3.07. The molecule has 0 atom stereocenters. The SMILES string of the molecule is CC(=O)CCC(=O)N1CCC(NC(=O)c2ccc(-c3ccccc3)cc2)CC1. The van der Waals surface area contributed by atoms with Gasteiger partial charge < -0.3 is 15.0 Å². The Morgan fingerprint density at radius 2 is 1.50 bits per heavy atom. The second-order valence-corrected chi connectivity index (χ2v) is 7.27. The number of carbonyl (C=O) groups is 3. The summed E-state index contributed by atoms with van der Waals surface area (Å²) in [6.45, 7) is 2.74. The molecular weight excluding hydrogens is 352 g/mol. The van der Waals surface area contributed by atoms with Crippen LogP contribution in [0.3, 0.4) is 0 Å². The molecule has 5 heteroatoms. The number of hydrogen-bond donors (Lipinski definition) is 1. The summed E-state index contributed by atoms with van der Waals surface area (Å²) in [4.78, 5) is 37.4. The maximum atomic E-state index is 12.5. The Balaban J connectivity index is 1.49. The first-order valence-corrected chi connectivity index (χ1v) is 9.76. The summed E-state index contributed by atoms with van der Waals surface area (Å²) in [6, 6.07) is 17.7. The highest BCUT2D eigenvalue weighted by Gasteiger charge is 2.24. The number of ketones is 1. The molecule has 1 aliphatic heterocycles. The van der Waals surface area contributed by atoms with Crippen LogP contribution >= 0.6 is 0 Å². The molecule has 146 valence electrons. The third-order valence-electron chi connectivity index (χ3n) is 5.13. The van der Waals surface area contributed by atoms with Crippen LogP contribution in [0, 0.1) is 0 Å². The quantitative estimate of drug-likeness (QED) is 0.837. The van der Waals surface area contributed by atoms with E-state index < -0.39 is 0 Å². The lowest BCUT2D eigenvalue weighted by Gasteiger charge is -2.32. The molecule has 1 saturated heterocycles. The van der Waals surface area contributed by atoms with Crippen molar-refractivity contribution >= 4 is 17.6 Å². The van der Waals surface area contributed by atoms with E-state index >= 15 is 0 Å². The van der Waals surface area contributed by atoms with Crippen LogP contribution in [0.15, 0.2) is 54.6 Å². The van der Waals surface area contributed by atoms with Gasteiger partial charge in [0.25, 0.3) is 5.91 Å². The molecule has 28 heavy (non-hydrogen) atoms. The zero-order valence-corrected chi connectivity index (χ0v) is 16.2. The molecule has 2 amide bonds. The van der Waals surface area contributed by atoms with Crippen LogP contribution < -0.4 is 5.32 Å². The van der Waals surface area contributed by atoms with Crippen molar-refractivity contribution in [1.82, 2.24) is 10.2 Å². The number of amides is 2. The topological polar surface area (TPSA) is 66.5 Å². The lowest BCUT2D eigenvalue weighted by molar-refractivity contribution is -0.133. The fraction of sp³-hybridized carbons (Fsp3) is 0.348. The Morgan fingerprint density at radius 3 is 2.11 bits per heavy atom. The Morgan fingerprint density at radius 1 is 0.893 bits per heavy atom. The fourth-order valence-corrected chi connectivity index (χ4v) is 3.43. The predicted molar refractivity (Wildman–Crippen MR) is 109 cm³/mol. The normalized spacial score (nSPS) is 14.5. The van der Waals surface area contributed by atoms with Gasteiger partial charge in [0, 0.05) is 37.5 Å². The third-order valence-corrected chi connectivity index (χ3v) is 5.13. The van der Waals surface area contributed by atoms with Crippen molar-refractivity contribution in [1.29, 1.82) is 0 Å². The van der Waals surface area contributed by atoms with E-state index in [1.165, 1.54) is 6.92 Å². The zero-order chi connectivity index (χ0) is 19.9. The van der Waals surface area contributed by atoms with Crippen molar-refractivity contribution in [2.75, 3.05) is 13.1 Å². The maximum absolute atomic E-state index is 12.5. The van der Waals surface area contributed by atoms with Crippen molar-refractivity contribution in [2.24, 2.45) is 0 Å². The van der Waals surface area contributed by atoms with Crippen LogP contribution in [-0.4, -0.2) is 41.6 Å². The van der Waals surface area contributed by atoms with Gasteiger partial charge in [-0.05, 0) is 43.0 Å². The number of benzene rings is 2. The second kappa shape index (κ2) is 9.31. The lowest BCUT2D eigenvalue weighted by atomic mass is 10.0. The lowest BCUT2D eigenvalue weighted by Crippen LogP contribution is -2.46. The van der Waals surface area contributed by atoms with Gasteiger partial charge in [-0.1, -0.05) is 42.5 Å². The molecule has 0 bridgehead atoms. The molecule has 1 fully saturated rings. The van der Waals surface area contributed by atoms with Crippen LogP contribution in [0.2, 0.25) is 0 Å². The first-order valence-electron chi connectivity index (χ1n) is 9.76.